The first kappa shape index (κ1) is 21.1. The number of hydrogen-bond acceptors (Lipinski definition) is 7. The molecule has 4 rings (SSSR count). The van der Waals surface area contributed by atoms with Gasteiger partial charge in [-0.1, -0.05) is 0 Å². The quantitative estimate of drug-likeness (QED) is 0.585. The fourth-order valence-corrected chi connectivity index (χ4v) is 3.77. The number of fused-ring (bicyclic) bond motifs is 1. The molecule has 3 aromatic rings. The van der Waals surface area contributed by atoms with E-state index in [1.165, 1.54) is 12.4 Å². The summed E-state index contributed by atoms with van der Waals surface area (Å²) in [6.07, 6.45) is 3.71. The summed E-state index contributed by atoms with van der Waals surface area (Å²) in [5.74, 6) is 1.92. The van der Waals surface area contributed by atoms with E-state index in [-0.39, 0.29) is 5.82 Å². The molecule has 0 bridgehead atoms. The Hall–Kier alpha value is -3.13. The zero-order chi connectivity index (χ0) is 21.8. The fraction of sp³-hybridized carbons (Fsp3) is 0.391. The lowest BCUT2D eigenvalue weighted by Crippen LogP contribution is -2.32. The summed E-state index contributed by atoms with van der Waals surface area (Å²) in [7, 11) is 5.50. The van der Waals surface area contributed by atoms with Crippen LogP contribution in [-0.4, -0.2) is 55.8 Å². The van der Waals surface area contributed by atoms with Crippen LogP contribution in [-0.2, 0) is 0 Å². The van der Waals surface area contributed by atoms with Crippen molar-refractivity contribution >= 4 is 28.1 Å². The lowest BCUT2D eigenvalue weighted by atomic mass is 9.98. The Morgan fingerprint density at radius 3 is 2.65 bits per heavy atom. The zero-order valence-corrected chi connectivity index (χ0v) is 18.1. The molecule has 0 atom stereocenters. The predicted molar refractivity (Wildman–Crippen MR) is 121 cm³/mol. The van der Waals surface area contributed by atoms with Gasteiger partial charge in [-0.15, -0.1) is 0 Å². The number of anilines is 3. The SMILES string of the molecule is CNc1ccc(Nc2ncnc3cc(OCC4CCN(C)CC4)c(OC)cc23)c(F)c1. The molecule has 2 N–H and O–H groups in total. The second-order valence-corrected chi connectivity index (χ2v) is 7.87. The van der Waals surface area contributed by atoms with Gasteiger partial charge in [0.1, 0.15) is 18.0 Å². The number of benzene rings is 2. The van der Waals surface area contributed by atoms with Crippen LogP contribution in [0.1, 0.15) is 12.8 Å². The summed E-state index contributed by atoms with van der Waals surface area (Å²) >= 11 is 0. The van der Waals surface area contributed by atoms with E-state index in [2.05, 4.69) is 32.5 Å². The first-order valence-electron chi connectivity index (χ1n) is 10.5. The number of halogens is 1. The van der Waals surface area contributed by atoms with Crippen LogP contribution in [0, 0.1) is 11.7 Å². The molecule has 0 spiro atoms. The molecule has 1 aliphatic rings. The molecule has 2 heterocycles. The number of rotatable bonds is 7. The molecule has 1 aliphatic heterocycles. The Balaban J connectivity index is 1.58. The molecular weight excluding hydrogens is 397 g/mol. The molecule has 2 aromatic carbocycles. The second-order valence-electron chi connectivity index (χ2n) is 7.87. The van der Waals surface area contributed by atoms with E-state index in [4.69, 9.17) is 9.47 Å². The standard InChI is InChI=1S/C23H28FN5O2/c1-25-16-4-5-19(18(24)10-16)28-23-17-11-21(30-3)22(12-20(17)26-14-27-23)31-13-15-6-8-29(2)9-7-15/h4-5,10-12,14-15,25H,6-9,13H2,1-3H3,(H,26,27,28). The highest BCUT2D eigenvalue weighted by Gasteiger charge is 2.19. The molecule has 1 fully saturated rings. The maximum Gasteiger partial charge on any atom is 0.163 e. The van der Waals surface area contributed by atoms with Gasteiger partial charge in [-0.05, 0) is 63.2 Å². The number of hydrogen-bond donors (Lipinski definition) is 2. The fourth-order valence-electron chi connectivity index (χ4n) is 3.77. The summed E-state index contributed by atoms with van der Waals surface area (Å²) in [5, 5.41) is 6.72. The van der Waals surface area contributed by atoms with Gasteiger partial charge in [-0.2, -0.15) is 0 Å². The number of nitrogens with one attached hydrogen (secondary N) is 2. The molecule has 31 heavy (non-hydrogen) atoms. The van der Waals surface area contributed by atoms with E-state index >= 15 is 0 Å². The molecule has 1 saturated heterocycles. The molecule has 164 valence electrons. The van der Waals surface area contributed by atoms with Crippen molar-refractivity contribution in [3.8, 4) is 11.5 Å². The van der Waals surface area contributed by atoms with Crippen molar-refractivity contribution in [3.63, 3.8) is 0 Å². The Labute approximate surface area is 181 Å². The summed E-state index contributed by atoms with van der Waals surface area (Å²) in [6.45, 7) is 2.84. The van der Waals surface area contributed by atoms with Crippen LogP contribution in [0.3, 0.4) is 0 Å². The summed E-state index contributed by atoms with van der Waals surface area (Å²) in [6, 6.07) is 8.59. The van der Waals surface area contributed by atoms with E-state index in [0.717, 1.165) is 31.3 Å². The first-order valence-corrected chi connectivity index (χ1v) is 10.5. The monoisotopic (exact) mass is 425 g/mol. The van der Waals surface area contributed by atoms with Gasteiger partial charge in [0, 0.05) is 24.2 Å². The number of aromatic nitrogens is 2. The average molecular weight is 426 g/mol. The van der Waals surface area contributed by atoms with E-state index in [1.807, 2.05) is 12.1 Å². The normalized spacial score (nSPS) is 15.1. The third kappa shape index (κ3) is 4.80. The molecule has 8 heteroatoms. The second kappa shape index (κ2) is 9.34. The molecule has 0 amide bonds. The third-order valence-corrected chi connectivity index (χ3v) is 5.74. The first-order chi connectivity index (χ1) is 15.1. The highest BCUT2D eigenvalue weighted by Crippen LogP contribution is 2.35. The molecular formula is C23H28FN5O2. The number of piperidine rings is 1. The van der Waals surface area contributed by atoms with Crippen molar-refractivity contribution in [3.05, 3.63) is 42.5 Å². The van der Waals surface area contributed by atoms with Gasteiger partial charge in [0.15, 0.2) is 11.5 Å². The number of methoxy groups -OCH3 is 1. The lowest BCUT2D eigenvalue weighted by molar-refractivity contribution is 0.157. The Bertz CT molecular complexity index is 1050. The van der Waals surface area contributed by atoms with Gasteiger partial charge in [0.25, 0.3) is 0 Å². The topological polar surface area (TPSA) is 71.5 Å². The molecule has 1 aromatic heterocycles. The molecule has 0 aliphatic carbocycles. The minimum absolute atomic E-state index is 0.334. The minimum atomic E-state index is -0.372. The molecule has 7 nitrogen and oxygen atoms in total. The van der Waals surface area contributed by atoms with Crippen LogP contribution in [0.25, 0.3) is 10.9 Å². The highest BCUT2D eigenvalue weighted by atomic mass is 19.1. The number of ether oxygens (including phenoxy) is 2. The maximum atomic E-state index is 14.4. The van der Waals surface area contributed by atoms with Gasteiger partial charge in [-0.3, -0.25) is 0 Å². The van der Waals surface area contributed by atoms with Gasteiger partial charge in [-0.25, -0.2) is 14.4 Å². The van der Waals surface area contributed by atoms with Crippen molar-refractivity contribution < 1.29 is 13.9 Å². The summed E-state index contributed by atoms with van der Waals surface area (Å²) < 4.78 is 26.1. The van der Waals surface area contributed by atoms with Crippen LogP contribution in [0.2, 0.25) is 0 Å². The Morgan fingerprint density at radius 1 is 1.13 bits per heavy atom. The lowest BCUT2D eigenvalue weighted by Gasteiger charge is -2.28. The van der Waals surface area contributed by atoms with Crippen LogP contribution in [0.5, 0.6) is 11.5 Å². The van der Waals surface area contributed by atoms with Crippen molar-refractivity contribution in [1.82, 2.24) is 14.9 Å². The summed E-state index contributed by atoms with van der Waals surface area (Å²) in [5.41, 5.74) is 1.73. The average Bonchev–Trinajstić information content (AvgIpc) is 2.79. The number of likely N-dealkylation sites (tertiary alicyclic amines) is 1. The van der Waals surface area contributed by atoms with Crippen LogP contribution >= 0.6 is 0 Å². The van der Waals surface area contributed by atoms with Crippen molar-refractivity contribution in [2.75, 3.05) is 51.5 Å². The minimum Gasteiger partial charge on any atom is -0.493 e. The van der Waals surface area contributed by atoms with Crippen LogP contribution in [0.4, 0.5) is 21.6 Å². The molecule has 0 radical (unpaired) electrons. The van der Waals surface area contributed by atoms with E-state index in [0.29, 0.717) is 46.7 Å². The zero-order valence-electron chi connectivity index (χ0n) is 18.1. The Kier molecular flexibility index (Phi) is 6.36. The van der Waals surface area contributed by atoms with Crippen LogP contribution in [0.15, 0.2) is 36.7 Å². The van der Waals surface area contributed by atoms with Gasteiger partial charge in [0.05, 0.1) is 24.9 Å². The van der Waals surface area contributed by atoms with Crippen molar-refractivity contribution in [1.29, 1.82) is 0 Å². The molecule has 0 saturated carbocycles. The molecule has 0 unspecified atom stereocenters. The van der Waals surface area contributed by atoms with Crippen molar-refractivity contribution in [2.45, 2.75) is 12.8 Å². The van der Waals surface area contributed by atoms with E-state index in [1.54, 1.807) is 26.3 Å². The highest BCUT2D eigenvalue weighted by molar-refractivity contribution is 5.93. The van der Waals surface area contributed by atoms with Gasteiger partial charge in [0.2, 0.25) is 0 Å². The van der Waals surface area contributed by atoms with E-state index < -0.39 is 0 Å². The van der Waals surface area contributed by atoms with E-state index in [9.17, 15) is 4.39 Å². The number of nitrogens with zero attached hydrogens (tertiary/aromatic N) is 3. The Morgan fingerprint density at radius 2 is 1.94 bits per heavy atom. The van der Waals surface area contributed by atoms with Gasteiger partial charge >= 0.3 is 0 Å². The van der Waals surface area contributed by atoms with Crippen LogP contribution < -0.4 is 20.1 Å². The third-order valence-electron chi connectivity index (χ3n) is 5.74. The smallest absolute Gasteiger partial charge is 0.163 e. The maximum absolute atomic E-state index is 14.4. The van der Waals surface area contributed by atoms with Gasteiger partial charge < -0.3 is 25.0 Å². The largest absolute Gasteiger partial charge is 0.493 e. The predicted octanol–water partition coefficient (Wildman–Crippen LogP) is 4.28. The summed E-state index contributed by atoms with van der Waals surface area (Å²) in [4.78, 5) is 11.0. The van der Waals surface area contributed by atoms with Crippen molar-refractivity contribution in [2.24, 2.45) is 5.92 Å².